The van der Waals surface area contributed by atoms with Gasteiger partial charge in [0.2, 0.25) is 0 Å². The molecule has 2 atom stereocenters. The monoisotopic (exact) mass is 521 g/mol. The predicted molar refractivity (Wildman–Crippen MR) is 143 cm³/mol. The fourth-order valence-corrected chi connectivity index (χ4v) is 7.25. The fourth-order valence-electron chi connectivity index (χ4n) is 7.25. The number of halogens is 3. The fraction of sp³-hybridized carbons (Fsp3) is 0.500. The van der Waals surface area contributed by atoms with Crippen LogP contribution in [0.2, 0.25) is 0 Å². The molecule has 0 radical (unpaired) electrons. The molecule has 7 rings (SSSR count). The second kappa shape index (κ2) is 8.09. The van der Waals surface area contributed by atoms with Crippen molar-refractivity contribution in [2.75, 3.05) is 13.1 Å². The molecular weight excluding hydrogens is 487 g/mol. The van der Waals surface area contributed by atoms with Gasteiger partial charge in [-0.1, -0.05) is 30.3 Å². The number of aromatic amines is 2. The second-order valence-corrected chi connectivity index (χ2v) is 12.5. The lowest BCUT2D eigenvalue weighted by Gasteiger charge is -2.61. The highest BCUT2D eigenvalue weighted by molar-refractivity contribution is 5.87. The number of benzene rings is 2. The van der Waals surface area contributed by atoms with E-state index in [2.05, 4.69) is 68.3 Å². The highest BCUT2D eigenvalue weighted by atomic mass is 19.3. The van der Waals surface area contributed by atoms with Gasteiger partial charge in [-0.3, -0.25) is 14.9 Å². The normalized spacial score (nSPS) is 25.0. The first-order valence-electron chi connectivity index (χ1n) is 13.7. The van der Waals surface area contributed by atoms with Crippen LogP contribution in [0.4, 0.5) is 13.2 Å². The molecule has 4 heterocycles. The van der Waals surface area contributed by atoms with E-state index in [-0.39, 0.29) is 30.5 Å². The zero-order valence-electron chi connectivity index (χ0n) is 22.1. The van der Waals surface area contributed by atoms with E-state index in [4.69, 9.17) is 0 Å². The van der Waals surface area contributed by atoms with Gasteiger partial charge in [-0.25, -0.2) is 13.2 Å². The lowest BCUT2D eigenvalue weighted by molar-refractivity contribution is -0.217. The number of fused-ring (bicyclic) bond motifs is 4. The molecule has 1 spiro atoms. The summed E-state index contributed by atoms with van der Waals surface area (Å²) in [5, 5.41) is 10.2. The summed E-state index contributed by atoms with van der Waals surface area (Å²) in [6.07, 6.45) is 1.65. The van der Waals surface area contributed by atoms with Crippen molar-refractivity contribution in [1.82, 2.24) is 25.0 Å². The number of aromatic nitrogens is 3. The van der Waals surface area contributed by atoms with Crippen LogP contribution in [0, 0.1) is 0 Å². The van der Waals surface area contributed by atoms with E-state index in [1.165, 1.54) is 10.9 Å². The number of hydrogen-bond donors (Lipinski definition) is 2. The molecular formula is C30H34F3N5. The number of alkyl halides is 3. The number of rotatable bonds is 5. The average Bonchev–Trinajstić information content (AvgIpc) is 3.41. The van der Waals surface area contributed by atoms with E-state index < -0.39 is 11.6 Å². The third-order valence-electron chi connectivity index (χ3n) is 9.07. The van der Waals surface area contributed by atoms with Crippen LogP contribution in [0.1, 0.15) is 68.6 Å². The zero-order chi connectivity index (χ0) is 26.4. The Morgan fingerprint density at radius 2 is 1.87 bits per heavy atom. The van der Waals surface area contributed by atoms with Crippen molar-refractivity contribution < 1.29 is 13.2 Å². The summed E-state index contributed by atoms with van der Waals surface area (Å²) in [6.45, 7) is 7.26. The van der Waals surface area contributed by atoms with Crippen LogP contribution in [0.15, 0.2) is 42.5 Å². The lowest BCUT2D eigenvalue weighted by Crippen LogP contribution is -2.69. The molecule has 2 aromatic carbocycles. The van der Waals surface area contributed by atoms with Crippen molar-refractivity contribution in [3.63, 3.8) is 0 Å². The van der Waals surface area contributed by atoms with E-state index in [0.717, 1.165) is 52.8 Å². The Hall–Kier alpha value is -2.84. The van der Waals surface area contributed by atoms with Gasteiger partial charge in [-0.05, 0) is 56.9 Å². The summed E-state index contributed by atoms with van der Waals surface area (Å²) in [6, 6.07) is 14.5. The molecule has 0 bridgehead atoms. The molecule has 3 aliphatic rings. The molecule has 1 saturated carbocycles. The molecule has 2 N–H and O–H groups in total. The van der Waals surface area contributed by atoms with Crippen molar-refractivity contribution in [3.05, 3.63) is 65.0 Å². The summed E-state index contributed by atoms with van der Waals surface area (Å²) in [4.78, 5) is 8.10. The summed E-state index contributed by atoms with van der Waals surface area (Å²) in [7, 11) is 0. The minimum atomic E-state index is -2.52. The van der Waals surface area contributed by atoms with E-state index in [9.17, 15) is 8.78 Å². The Balaban J connectivity index is 1.26. The molecule has 5 nitrogen and oxygen atoms in total. The molecule has 200 valence electrons. The van der Waals surface area contributed by atoms with Crippen LogP contribution in [0.3, 0.4) is 0 Å². The van der Waals surface area contributed by atoms with E-state index in [0.29, 0.717) is 13.1 Å². The van der Waals surface area contributed by atoms with E-state index in [1.807, 2.05) is 6.07 Å². The first-order valence-corrected chi connectivity index (χ1v) is 13.7. The summed E-state index contributed by atoms with van der Waals surface area (Å²) >= 11 is 0. The first kappa shape index (κ1) is 24.2. The highest BCUT2D eigenvalue weighted by Crippen LogP contribution is 2.55. The molecule has 8 heteroatoms. The Kier molecular flexibility index (Phi) is 5.15. The standard InChI is InChI=1S/C30H34F3N5/c1-18-12-22-20-6-4-5-7-23(20)34-25(22)27(38(18)17-28(2,3)31)26-21-9-8-19(13-24(21)35-36-26)14-37-11-10-29(37)15-30(32,33)16-29/h4-9,13,18,27,34H,10-12,14-17H2,1-3H3,(H,35,36)/t18-,27+/m1/s1. The minimum Gasteiger partial charge on any atom is -0.357 e. The largest absolute Gasteiger partial charge is 0.357 e. The number of nitrogens with one attached hydrogen (secondary N) is 2. The molecule has 1 aliphatic carbocycles. The van der Waals surface area contributed by atoms with Gasteiger partial charge in [0.15, 0.2) is 0 Å². The molecule has 4 aromatic rings. The zero-order valence-corrected chi connectivity index (χ0v) is 22.1. The third kappa shape index (κ3) is 3.79. The number of hydrogen-bond acceptors (Lipinski definition) is 3. The number of para-hydroxylation sites is 1. The smallest absolute Gasteiger partial charge is 0.251 e. The summed E-state index contributed by atoms with van der Waals surface area (Å²) in [5.41, 5.74) is 4.67. The van der Waals surface area contributed by atoms with Crippen LogP contribution in [-0.4, -0.2) is 61.2 Å². The molecule has 0 amide bonds. The second-order valence-electron chi connectivity index (χ2n) is 12.5. The van der Waals surface area contributed by atoms with Gasteiger partial charge < -0.3 is 4.98 Å². The predicted octanol–water partition coefficient (Wildman–Crippen LogP) is 6.50. The number of likely N-dealkylation sites (tertiary alicyclic amines) is 1. The van der Waals surface area contributed by atoms with Gasteiger partial charge in [-0.2, -0.15) is 5.10 Å². The van der Waals surface area contributed by atoms with Gasteiger partial charge in [-0.15, -0.1) is 0 Å². The molecule has 38 heavy (non-hydrogen) atoms. The maximum absolute atomic E-state index is 15.1. The van der Waals surface area contributed by atoms with Crippen LogP contribution in [-0.2, 0) is 13.0 Å². The maximum atomic E-state index is 15.1. The first-order chi connectivity index (χ1) is 18.0. The van der Waals surface area contributed by atoms with E-state index >= 15 is 4.39 Å². The van der Waals surface area contributed by atoms with Crippen LogP contribution < -0.4 is 0 Å². The van der Waals surface area contributed by atoms with Gasteiger partial charge in [0.05, 0.1) is 17.3 Å². The number of nitrogens with zero attached hydrogens (tertiary/aromatic N) is 3. The van der Waals surface area contributed by atoms with Crippen LogP contribution in [0.25, 0.3) is 21.8 Å². The van der Waals surface area contributed by atoms with Gasteiger partial charge in [0.25, 0.3) is 5.92 Å². The van der Waals surface area contributed by atoms with Gasteiger partial charge in [0, 0.05) is 66.0 Å². The molecule has 2 fully saturated rings. The van der Waals surface area contributed by atoms with Gasteiger partial charge in [0.1, 0.15) is 5.67 Å². The third-order valence-corrected chi connectivity index (χ3v) is 9.07. The van der Waals surface area contributed by atoms with Crippen molar-refractivity contribution in [2.24, 2.45) is 0 Å². The Labute approximate surface area is 220 Å². The average molecular weight is 522 g/mol. The van der Waals surface area contributed by atoms with Crippen molar-refractivity contribution >= 4 is 21.8 Å². The summed E-state index contributed by atoms with van der Waals surface area (Å²) < 4.78 is 42.3. The highest BCUT2D eigenvalue weighted by Gasteiger charge is 2.62. The van der Waals surface area contributed by atoms with Crippen molar-refractivity contribution in [2.45, 2.75) is 82.2 Å². The topological polar surface area (TPSA) is 51.0 Å². The maximum Gasteiger partial charge on any atom is 0.251 e. The molecule has 0 unspecified atom stereocenters. The SMILES string of the molecule is C[C@@H]1Cc2c([nH]c3ccccc23)[C@@H](c2[nH]nc3cc(CN4CCC45CC(F)(F)C5)ccc23)N1CC(C)(C)F. The van der Waals surface area contributed by atoms with E-state index in [1.54, 1.807) is 13.8 Å². The molecule has 2 aromatic heterocycles. The Morgan fingerprint density at radius 3 is 2.58 bits per heavy atom. The van der Waals surface area contributed by atoms with Crippen molar-refractivity contribution in [1.29, 1.82) is 0 Å². The summed E-state index contributed by atoms with van der Waals surface area (Å²) in [5.74, 6) is -2.52. The molecule has 1 saturated heterocycles. The molecule has 2 aliphatic heterocycles. The van der Waals surface area contributed by atoms with Crippen LogP contribution >= 0.6 is 0 Å². The Bertz CT molecular complexity index is 1520. The quantitative estimate of drug-likeness (QED) is 0.315. The lowest BCUT2D eigenvalue weighted by atomic mass is 9.65. The number of H-pyrrole nitrogens is 2. The van der Waals surface area contributed by atoms with Gasteiger partial charge >= 0.3 is 0 Å². The van der Waals surface area contributed by atoms with Crippen molar-refractivity contribution in [3.8, 4) is 0 Å². The Morgan fingerprint density at radius 1 is 1.08 bits per heavy atom. The van der Waals surface area contributed by atoms with Crippen LogP contribution in [0.5, 0.6) is 0 Å². The minimum absolute atomic E-state index is 0.0255.